The van der Waals surface area contributed by atoms with Gasteiger partial charge in [-0.15, -0.1) is 0 Å². The number of rotatable bonds is 5. The van der Waals surface area contributed by atoms with Gasteiger partial charge in [0.1, 0.15) is 0 Å². The molecule has 0 aliphatic heterocycles. The van der Waals surface area contributed by atoms with E-state index in [1.54, 1.807) is 0 Å². The lowest BCUT2D eigenvalue weighted by molar-refractivity contribution is 0.212. The minimum absolute atomic E-state index is 0.517. The van der Waals surface area contributed by atoms with Crippen molar-refractivity contribution < 1.29 is 0 Å². The average molecular weight is 314 g/mol. The van der Waals surface area contributed by atoms with E-state index >= 15 is 0 Å². The zero-order chi connectivity index (χ0) is 14.5. The topological polar surface area (TPSA) is 12.0 Å². The molecule has 1 aromatic carbocycles. The molecule has 1 nitrogen and oxygen atoms in total. The standard InChI is InChI=1S/C17H25Cl2N/c1-3-12-5-4-6-14(9-12)17(20-2)10-13-7-8-15(18)11-16(13)19/h7-8,11-12,14,17,20H,3-6,9-10H2,1-2H3. The maximum Gasteiger partial charge on any atom is 0.0453 e. The highest BCUT2D eigenvalue weighted by atomic mass is 35.5. The first-order valence-electron chi connectivity index (χ1n) is 7.75. The maximum absolute atomic E-state index is 6.31. The van der Waals surface area contributed by atoms with Gasteiger partial charge in [-0.2, -0.15) is 0 Å². The Bertz CT molecular complexity index is 433. The zero-order valence-electron chi connectivity index (χ0n) is 12.5. The van der Waals surface area contributed by atoms with E-state index in [-0.39, 0.29) is 0 Å². The first kappa shape index (κ1) is 16.1. The van der Waals surface area contributed by atoms with Gasteiger partial charge in [0.15, 0.2) is 0 Å². The first-order valence-corrected chi connectivity index (χ1v) is 8.50. The summed E-state index contributed by atoms with van der Waals surface area (Å²) in [5.74, 6) is 1.68. The van der Waals surface area contributed by atoms with E-state index in [4.69, 9.17) is 23.2 Å². The third-order valence-electron chi connectivity index (χ3n) is 4.80. The highest BCUT2D eigenvalue weighted by Crippen LogP contribution is 2.34. The van der Waals surface area contributed by atoms with Gasteiger partial charge in [-0.25, -0.2) is 0 Å². The molecular formula is C17H25Cl2N. The van der Waals surface area contributed by atoms with E-state index in [9.17, 15) is 0 Å². The SMILES string of the molecule is CCC1CCCC(C(Cc2ccc(Cl)cc2Cl)NC)C1. The van der Waals surface area contributed by atoms with Crippen LogP contribution in [0.15, 0.2) is 18.2 Å². The molecule has 1 N–H and O–H groups in total. The molecule has 3 heteroatoms. The van der Waals surface area contributed by atoms with Crippen LogP contribution in [0.2, 0.25) is 10.0 Å². The van der Waals surface area contributed by atoms with E-state index < -0.39 is 0 Å². The number of likely N-dealkylation sites (N-methyl/N-ethyl adjacent to an activating group) is 1. The zero-order valence-corrected chi connectivity index (χ0v) is 14.0. The number of halogens is 2. The highest BCUT2D eigenvalue weighted by Gasteiger charge is 2.27. The second-order valence-corrected chi connectivity index (χ2v) is 6.88. The second kappa shape index (κ2) is 7.68. The van der Waals surface area contributed by atoms with E-state index in [0.717, 1.165) is 23.3 Å². The highest BCUT2D eigenvalue weighted by molar-refractivity contribution is 6.35. The monoisotopic (exact) mass is 313 g/mol. The fraction of sp³-hybridized carbons (Fsp3) is 0.647. The third kappa shape index (κ3) is 4.13. The molecule has 3 atom stereocenters. The minimum Gasteiger partial charge on any atom is -0.316 e. The Morgan fingerprint density at radius 1 is 1.30 bits per heavy atom. The lowest BCUT2D eigenvalue weighted by atomic mass is 9.75. The molecule has 1 aliphatic carbocycles. The summed E-state index contributed by atoms with van der Waals surface area (Å²) in [4.78, 5) is 0. The van der Waals surface area contributed by atoms with Crippen LogP contribution < -0.4 is 5.32 Å². The quantitative estimate of drug-likeness (QED) is 0.773. The van der Waals surface area contributed by atoms with E-state index in [0.29, 0.717) is 11.1 Å². The Morgan fingerprint density at radius 3 is 2.75 bits per heavy atom. The van der Waals surface area contributed by atoms with Gasteiger partial charge in [-0.3, -0.25) is 0 Å². The van der Waals surface area contributed by atoms with Crippen LogP contribution in [0.1, 0.15) is 44.6 Å². The summed E-state index contributed by atoms with van der Waals surface area (Å²) >= 11 is 12.3. The molecule has 20 heavy (non-hydrogen) atoms. The van der Waals surface area contributed by atoms with Crippen LogP contribution in [0.25, 0.3) is 0 Å². The molecule has 2 rings (SSSR count). The van der Waals surface area contributed by atoms with Crippen molar-refractivity contribution in [2.75, 3.05) is 7.05 Å². The van der Waals surface area contributed by atoms with Crippen LogP contribution in [-0.2, 0) is 6.42 Å². The summed E-state index contributed by atoms with van der Waals surface area (Å²) in [5, 5.41) is 5.02. The van der Waals surface area contributed by atoms with Crippen LogP contribution >= 0.6 is 23.2 Å². The van der Waals surface area contributed by atoms with Gasteiger partial charge in [0.2, 0.25) is 0 Å². The lowest BCUT2D eigenvalue weighted by Crippen LogP contribution is -2.38. The molecule has 0 saturated heterocycles. The number of benzene rings is 1. The molecule has 1 aromatic rings. The van der Waals surface area contributed by atoms with Crippen molar-refractivity contribution in [2.45, 2.75) is 51.5 Å². The molecule has 0 heterocycles. The van der Waals surface area contributed by atoms with Crippen molar-refractivity contribution in [2.24, 2.45) is 11.8 Å². The van der Waals surface area contributed by atoms with Crippen LogP contribution in [-0.4, -0.2) is 13.1 Å². The van der Waals surface area contributed by atoms with Gasteiger partial charge < -0.3 is 5.32 Å². The van der Waals surface area contributed by atoms with E-state index in [1.807, 2.05) is 12.1 Å². The first-order chi connectivity index (χ1) is 9.63. The molecule has 0 radical (unpaired) electrons. The molecular weight excluding hydrogens is 289 g/mol. The fourth-order valence-electron chi connectivity index (χ4n) is 3.50. The van der Waals surface area contributed by atoms with Crippen molar-refractivity contribution >= 4 is 23.2 Å². The molecule has 0 aromatic heterocycles. The number of hydrogen-bond donors (Lipinski definition) is 1. The van der Waals surface area contributed by atoms with E-state index in [1.165, 1.54) is 37.7 Å². The van der Waals surface area contributed by atoms with Crippen molar-refractivity contribution in [3.63, 3.8) is 0 Å². The Balaban J connectivity index is 2.04. The molecule has 1 aliphatic rings. The summed E-state index contributed by atoms with van der Waals surface area (Å²) in [6, 6.07) is 6.37. The Labute approximate surface area is 133 Å². The summed E-state index contributed by atoms with van der Waals surface area (Å²) < 4.78 is 0. The smallest absolute Gasteiger partial charge is 0.0453 e. The Kier molecular flexibility index (Phi) is 6.20. The molecule has 0 amide bonds. The summed E-state index contributed by atoms with van der Waals surface area (Å²) in [5.41, 5.74) is 1.20. The van der Waals surface area contributed by atoms with E-state index in [2.05, 4.69) is 25.4 Å². The van der Waals surface area contributed by atoms with Crippen molar-refractivity contribution in [3.8, 4) is 0 Å². The Hall–Kier alpha value is -0.240. The van der Waals surface area contributed by atoms with Gasteiger partial charge in [-0.05, 0) is 55.8 Å². The second-order valence-electron chi connectivity index (χ2n) is 6.04. The van der Waals surface area contributed by atoms with Gasteiger partial charge >= 0.3 is 0 Å². The molecule has 3 unspecified atom stereocenters. The normalized spacial score (nSPS) is 24.6. The fourth-order valence-corrected chi connectivity index (χ4v) is 3.98. The van der Waals surface area contributed by atoms with Gasteiger partial charge in [0.05, 0.1) is 0 Å². The summed E-state index contributed by atoms with van der Waals surface area (Å²) in [6.45, 7) is 2.32. The van der Waals surface area contributed by atoms with Gasteiger partial charge in [-0.1, -0.05) is 55.5 Å². The van der Waals surface area contributed by atoms with Crippen LogP contribution in [0, 0.1) is 11.8 Å². The average Bonchev–Trinajstić information content (AvgIpc) is 2.46. The molecule has 0 bridgehead atoms. The predicted octanol–water partition coefficient (Wildman–Crippen LogP) is 5.34. The van der Waals surface area contributed by atoms with Crippen molar-refractivity contribution in [1.82, 2.24) is 5.32 Å². The molecule has 0 spiro atoms. The van der Waals surface area contributed by atoms with Crippen LogP contribution in [0.4, 0.5) is 0 Å². The largest absolute Gasteiger partial charge is 0.316 e. The van der Waals surface area contributed by atoms with Crippen LogP contribution in [0.3, 0.4) is 0 Å². The van der Waals surface area contributed by atoms with Crippen LogP contribution in [0.5, 0.6) is 0 Å². The van der Waals surface area contributed by atoms with Crippen molar-refractivity contribution in [3.05, 3.63) is 33.8 Å². The minimum atomic E-state index is 0.517. The molecule has 1 fully saturated rings. The number of nitrogens with one attached hydrogen (secondary N) is 1. The lowest BCUT2D eigenvalue weighted by Gasteiger charge is -2.34. The van der Waals surface area contributed by atoms with Gasteiger partial charge in [0, 0.05) is 16.1 Å². The predicted molar refractivity (Wildman–Crippen MR) is 88.8 cm³/mol. The maximum atomic E-state index is 6.31. The van der Waals surface area contributed by atoms with Crippen molar-refractivity contribution in [1.29, 1.82) is 0 Å². The molecule has 112 valence electrons. The summed E-state index contributed by atoms with van der Waals surface area (Å²) in [6.07, 6.45) is 7.78. The molecule has 1 saturated carbocycles. The Morgan fingerprint density at radius 2 is 2.10 bits per heavy atom. The summed E-state index contributed by atoms with van der Waals surface area (Å²) in [7, 11) is 2.07. The third-order valence-corrected chi connectivity index (χ3v) is 5.38. The number of hydrogen-bond acceptors (Lipinski definition) is 1. The van der Waals surface area contributed by atoms with Gasteiger partial charge in [0.25, 0.3) is 0 Å².